The van der Waals surface area contributed by atoms with Gasteiger partial charge in [-0.3, -0.25) is 15.0 Å². The van der Waals surface area contributed by atoms with Crippen molar-refractivity contribution >= 4 is 28.6 Å². The van der Waals surface area contributed by atoms with Crippen molar-refractivity contribution in [2.45, 2.75) is 18.1 Å². The van der Waals surface area contributed by atoms with Gasteiger partial charge in [0.2, 0.25) is 0 Å². The molecule has 128 valence electrons. The van der Waals surface area contributed by atoms with Crippen LogP contribution in [0.2, 0.25) is 0 Å². The van der Waals surface area contributed by atoms with Gasteiger partial charge in [0.05, 0.1) is 16.9 Å². The Balaban J connectivity index is 2.01. The predicted molar refractivity (Wildman–Crippen MR) is 99.2 cm³/mol. The molecule has 4 nitrogen and oxygen atoms in total. The van der Waals surface area contributed by atoms with Gasteiger partial charge in [0, 0.05) is 11.5 Å². The normalized spacial score (nSPS) is 22.6. The van der Waals surface area contributed by atoms with E-state index in [1.165, 1.54) is 11.8 Å². The van der Waals surface area contributed by atoms with Gasteiger partial charge < -0.3 is 4.74 Å². The highest BCUT2D eigenvalue weighted by Gasteiger charge is 2.49. The van der Waals surface area contributed by atoms with Crippen molar-refractivity contribution in [3.05, 3.63) is 71.8 Å². The zero-order chi connectivity index (χ0) is 17.8. The maximum absolute atomic E-state index is 13.0. The average Bonchev–Trinajstić information content (AvgIpc) is 3.00. The molecular formula is C20H19NO3S. The molecule has 1 aliphatic heterocycles. The van der Waals surface area contributed by atoms with Crippen LogP contribution in [0.15, 0.2) is 60.7 Å². The smallest absolute Gasteiger partial charge is 0.316 e. The van der Waals surface area contributed by atoms with Gasteiger partial charge in [0.25, 0.3) is 0 Å². The molecule has 0 unspecified atom stereocenters. The third kappa shape index (κ3) is 3.51. The quantitative estimate of drug-likeness (QED) is 0.653. The van der Waals surface area contributed by atoms with Crippen molar-refractivity contribution in [3.8, 4) is 0 Å². The third-order valence-corrected chi connectivity index (χ3v) is 5.53. The number of hydrogen-bond donors (Lipinski definition) is 1. The molecule has 1 saturated heterocycles. The van der Waals surface area contributed by atoms with E-state index >= 15 is 0 Å². The van der Waals surface area contributed by atoms with E-state index in [4.69, 9.17) is 10.1 Å². The molecule has 0 aromatic heterocycles. The van der Waals surface area contributed by atoms with Crippen LogP contribution in [0.4, 0.5) is 0 Å². The summed E-state index contributed by atoms with van der Waals surface area (Å²) in [4.78, 5) is 25.5. The first kappa shape index (κ1) is 17.4. The molecule has 25 heavy (non-hydrogen) atoms. The molecule has 0 saturated carbocycles. The monoisotopic (exact) mass is 353 g/mol. The van der Waals surface area contributed by atoms with Gasteiger partial charge in [-0.25, -0.2) is 0 Å². The zero-order valence-electron chi connectivity index (χ0n) is 13.8. The summed E-state index contributed by atoms with van der Waals surface area (Å²) in [6.07, 6.45) is 0. The van der Waals surface area contributed by atoms with E-state index in [0.29, 0.717) is 5.56 Å². The number of esters is 1. The molecule has 2 aromatic carbocycles. The molecule has 3 atom stereocenters. The molecular weight excluding hydrogens is 334 g/mol. The van der Waals surface area contributed by atoms with Crippen LogP contribution in [-0.2, 0) is 9.53 Å². The van der Waals surface area contributed by atoms with Gasteiger partial charge in [0.15, 0.2) is 5.78 Å². The fraction of sp³-hybridized carbons (Fsp3) is 0.250. The van der Waals surface area contributed by atoms with E-state index in [1.54, 1.807) is 19.1 Å². The molecule has 1 heterocycles. The van der Waals surface area contributed by atoms with E-state index in [-0.39, 0.29) is 17.4 Å². The Hall–Kier alpha value is -2.40. The van der Waals surface area contributed by atoms with Crippen LogP contribution in [-0.4, -0.2) is 28.7 Å². The Morgan fingerprint density at radius 2 is 1.64 bits per heavy atom. The molecule has 3 rings (SSSR count). The minimum atomic E-state index is -0.731. The van der Waals surface area contributed by atoms with Crippen LogP contribution in [0, 0.1) is 11.3 Å². The van der Waals surface area contributed by atoms with Crippen molar-refractivity contribution < 1.29 is 14.3 Å². The van der Waals surface area contributed by atoms with E-state index in [0.717, 1.165) is 5.56 Å². The molecule has 1 N–H and O–H groups in total. The van der Waals surface area contributed by atoms with Gasteiger partial charge in [-0.05, 0) is 12.5 Å². The Morgan fingerprint density at radius 3 is 2.24 bits per heavy atom. The fourth-order valence-electron chi connectivity index (χ4n) is 3.13. The topological polar surface area (TPSA) is 67.2 Å². The lowest BCUT2D eigenvalue weighted by molar-refractivity contribution is -0.145. The Kier molecular flexibility index (Phi) is 5.34. The van der Waals surface area contributed by atoms with Crippen molar-refractivity contribution in [3.63, 3.8) is 0 Å². The summed E-state index contributed by atoms with van der Waals surface area (Å²) in [5.41, 5.74) is 1.47. The minimum absolute atomic E-state index is 0.0593. The average molecular weight is 353 g/mol. The van der Waals surface area contributed by atoms with Crippen LogP contribution < -0.4 is 0 Å². The summed E-state index contributed by atoms with van der Waals surface area (Å²) in [6, 6.07) is 18.5. The molecule has 0 spiro atoms. The lowest BCUT2D eigenvalue weighted by atomic mass is 9.82. The first-order chi connectivity index (χ1) is 12.1. The SMILES string of the molecule is CCOC(=O)[C@@H]1C(=N)S[C@@H](C(=O)c2ccccc2)[C@H]1c1ccccc1. The van der Waals surface area contributed by atoms with Gasteiger partial charge in [0.1, 0.15) is 5.92 Å². The number of Topliss-reactive ketones (excluding diaryl/α,β-unsaturated/α-hetero) is 1. The molecule has 1 aliphatic rings. The number of thioether (sulfide) groups is 1. The van der Waals surface area contributed by atoms with Crippen LogP contribution >= 0.6 is 11.8 Å². The van der Waals surface area contributed by atoms with E-state index in [9.17, 15) is 9.59 Å². The van der Waals surface area contributed by atoms with Crippen LogP contribution in [0.5, 0.6) is 0 Å². The summed E-state index contributed by atoms with van der Waals surface area (Å²) >= 11 is 1.17. The number of carbonyl (C=O) groups excluding carboxylic acids is 2. The maximum atomic E-state index is 13.0. The number of hydrogen-bond acceptors (Lipinski definition) is 5. The summed E-state index contributed by atoms with van der Waals surface area (Å²) in [5, 5.41) is 7.98. The lowest BCUT2D eigenvalue weighted by Crippen LogP contribution is -2.30. The molecule has 2 aromatic rings. The molecule has 0 amide bonds. The summed E-state index contributed by atoms with van der Waals surface area (Å²) in [6.45, 7) is 2.00. The number of carbonyl (C=O) groups is 2. The standard InChI is InChI=1S/C20H19NO3S/c1-2-24-20(23)16-15(13-9-5-3-6-10-13)18(25-19(16)21)17(22)14-11-7-4-8-12-14/h3-12,15-16,18,21H,2H2,1H3/t15-,16-,18+/m0/s1. The molecule has 1 fully saturated rings. The third-order valence-electron chi connectivity index (χ3n) is 4.26. The highest BCUT2D eigenvalue weighted by Crippen LogP contribution is 2.47. The highest BCUT2D eigenvalue weighted by molar-refractivity contribution is 8.15. The molecule has 0 bridgehead atoms. The van der Waals surface area contributed by atoms with Crippen LogP contribution in [0.1, 0.15) is 28.8 Å². The van der Waals surface area contributed by atoms with E-state index in [1.807, 2.05) is 48.5 Å². The summed E-state index contributed by atoms with van der Waals surface area (Å²) < 4.78 is 5.18. The number of rotatable bonds is 5. The molecule has 5 heteroatoms. The molecule has 0 radical (unpaired) electrons. The Bertz CT molecular complexity index is 776. The first-order valence-corrected chi connectivity index (χ1v) is 9.07. The predicted octanol–water partition coefficient (Wildman–Crippen LogP) is 3.93. The van der Waals surface area contributed by atoms with E-state index in [2.05, 4.69) is 0 Å². The highest BCUT2D eigenvalue weighted by atomic mass is 32.2. The lowest BCUT2D eigenvalue weighted by Gasteiger charge is -2.22. The second kappa shape index (κ2) is 7.66. The van der Waals surface area contributed by atoms with Gasteiger partial charge >= 0.3 is 5.97 Å². The van der Waals surface area contributed by atoms with Crippen molar-refractivity contribution in [2.24, 2.45) is 5.92 Å². The van der Waals surface area contributed by atoms with Crippen LogP contribution in [0.25, 0.3) is 0 Å². The first-order valence-electron chi connectivity index (χ1n) is 8.19. The maximum Gasteiger partial charge on any atom is 0.316 e. The fourth-order valence-corrected chi connectivity index (χ4v) is 4.50. The van der Waals surface area contributed by atoms with Crippen molar-refractivity contribution in [1.29, 1.82) is 5.41 Å². The second-order valence-electron chi connectivity index (χ2n) is 5.80. The van der Waals surface area contributed by atoms with Crippen LogP contribution in [0.3, 0.4) is 0 Å². The Labute approximate surface area is 151 Å². The van der Waals surface area contributed by atoms with E-state index < -0.39 is 23.1 Å². The van der Waals surface area contributed by atoms with Gasteiger partial charge in [-0.1, -0.05) is 72.4 Å². The molecule has 0 aliphatic carbocycles. The summed E-state index contributed by atoms with van der Waals surface area (Å²) in [5.74, 6) is -1.62. The Morgan fingerprint density at radius 1 is 1.04 bits per heavy atom. The second-order valence-corrected chi connectivity index (χ2v) is 6.98. The van der Waals surface area contributed by atoms with Gasteiger partial charge in [-0.15, -0.1) is 0 Å². The number of benzene rings is 2. The summed E-state index contributed by atoms with van der Waals surface area (Å²) in [7, 11) is 0. The van der Waals surface area contributed by atoms with Gasteiger partial charge in [-0.2, -0.15) is 0 Å². The minimum Gasteiger partial charge on any atom is -0.465 e. The largest absolute Gasteiger partial charge is 0.465 e. The number of ether oxygens (including phenoxy) is 1. The number of nitrogens with one attached hydrogen (secondary N) is 1. The zero-order valence-corrected chi connectivity index (χ0v) is 14.7. The number of ketones is 1. The van der Waals surface area contributed by atoms with Crippen molar-refractivity contribution in [2.75, 3.05) is 6.61 Å². The van der Waals surface area contributed by atoms with Crippen molar-refractivity contribution in [1.82, 2.24) is 0 Å².